The fourth-order valence-corrected chi connectivity index (χ4v) is 3.72. The third-order valence-corrected chi connectivity index (χ3v) is 5.27. The van der Waals surface area contributed by atoms with Crippen molar-refractivity contribution in [2.24, 2.45) is 11.3 Å². The summed E-state index contributed by atoms with van der Waals surface area (Å²) in [5, 5.41) is 8.84. The van der Waals surface area contributed by atoms with Crippen molar-refractivity contribution in [2.45, 2.75) is 6.92 Å². The van der Waals surface area contributed by atoms with Gasteiger partial charge in [-0.2, -0.15) is 5.26 Å². The molecule has 4 rings (SSSR count). The Morgan fingerprint density at radius 2 is 2.38 bits per heavy atom. The lowest BCUT2D eigenvalue weighted by molar-refractivity contribution is 0.0654. The molecule has 0 aromatic carbocycles. The zero-order valence-corrected chi connectivity index (χ0v) is 14.5. The minimum absolute atomic E-state index is 0.0125. The Bertz CT molecular complexity index is 854. The Labute approximate surface area is 151 Å². The number of hydrogen-bond acceptors (Lipinski definition) is 6. The maximum Gasteiger partial charge on any atom is 0.257 e. The van der Waals surface area contributed by atoms with Crippen molar-refractivity contribution in [1.29, 1.82) is 5.26 Å². The van der Waals surface area contributed by atoms with Crippen LogP contribution in [0.5, 0.6) is 5.88 Å². The molecule has 0 saturated carbocycles. The van der Waals surface area contributed by atoms with E-state index in [9.17, 15) is 4.79 Å². The van der Waals surface area contributed by atoms with Crippen LogP contribution in [-0.4, -0.2) is 48.7 Å². The van der Waals surface area contributed by atoms with Gasteiger partial charge in [0.2, 0.25) is 5.88 Å². The monoisotopic (exact) mass is 353 g/mol. The number of nitrogens with zero attached hydrogens (tertiary/aromatic N) is 3. The molecule has 4 heterocycles. The lowest BCUT2D eigenvalue weighted by Crippen LogP contribution is -2.38. The smallest absolute Gasteiger partial charge is 0.257 e. The first-order valence-corrected chi connectivity index (χ1v) is 8.51. The van der Waals surface area contributed by atoms with E-state index in [0.29, 0.717) is 55.7 Å². The molecule has 2 fully saturated rings. The molecule has 2 aliphatic heterocycles. The number of nitriles is 1. The normalized spacial score (nSPS) is 24.3. The lowest BCUT2D eigenvalue weighted by atomic mass is 9.82. The molecule has 1 amide bonds. The molecule has 2 aromatic rings. The molecule has 0 radical (unpaired) electrons. The fourth-order valence-electron chi connectivity index (χ4n) is 3.72. The largest absolute Gasteiger partial charge is 0.477 e. The summed E-state index contributed by atoms with van der Waals surface area (Å²) in [5.41, 5.74) is 0.865. The van der Waals surface area contributed by atoms with Gasteiger partial charge < -0.3 is 18.8 Å². The van der Waals surface area contributed by atoms with Gasteiger partial charge in [0.1, 0.15) is 11.8 Å². The average Bonchev–Trinajstić information content (AvgIpc) is 3.33. The molecule has 0 bridgehead atoms. The van der Waals surface area contributed by atoms with E-state index in [-0.39, 0.29) is 17.2 Å². The van der Waals surface area contributed by atoms with E-state index in [2.05, 4.69) is 4.98 Å². The number of rotatable bonds is 4. The fraction of sp³-hybridized carbons (Fsp3) is 0.421. The van der Waals surface area contributed by atoms with Crippen LogP contribution in [0.15, 0.2) is 35.1 Å². The first-order chi connectivity index (χ1) is 12.6. The minimum Gasteiger partial charge on any atom is -0.477 e. The Morgan fingerprint density at radius 1 is 1.50 bits per heavy atom. The first-order valence-electron chi connectivity index (χ1n) is 8.51. The molecule has 2 aliphatic rings. The highest BCUT2D eigenvalue weighted by Gasteiger charge is 2.52. The molecule has 0 unspecified atom stereocenters. The maximum absolute atomic E-state index is 12.8. The van der Waals surface area contributed by atoms with E-state index in [4.69, 9.17) is 19.2 Å². The number of pyridine rings is 1. The summed E-state index contributed by atoms with van der Waals surface area (Å²) in [6.45, 7) is 4.62. The van der Waals surface area contributed by atoms with Crippen LogP contribution < -0.4 is 4.74 Å². The summed E-state index contributed by atoms with van der Waals surface area (Å²) >= 11 is 0. The summed E-state index contributed by atoms with van der Waals surface area (Å²) in [4.78, 5) is 18.8. The number of furan rings is 1. The number of ether oxygens (including phenoxy) is 2. The number of hydrogen-bond donors (Lipinski definition) is 0. The predicted molar refractivity (Wildman–Crippen MR) is 90.5 cm³/mol. The van der Waals surface area contributed by atoms with Crippen LogP contribution in [-0.2, 0) is 4.74 Å². The molecule has 0 N–H and O–H groups in total. The summed E-state index contributed by atoms with van der Waals surface area (Å²) in [6, 6.07) is 7.11. The highest BCUT2D eigenvalue weighted by atomic mass is 16.5. The number of aromatic nitrogens is 1. The predicted octanol–water partition coefficient (Wildman–Crippen LogP) is 2.02. The average molecular weight is 353 g/mol. The molecule has 2 saturated heterocycles. The third-order valence-electron chi connectivity index (χ3n) is 5.27. The second kappa shape index (κ2) is 6.46. The zero-order valence-electron chi connectivity index (χ0n) is 14.5. The molecule has 0 spiro atoms. The van der Waals surface area contributed by atoms with Crippen LogP contribution in [0.3, 0.4) is 0 Å². The molecule has 0 aliphatic carbocycles. The van der Waals surface area contributed by atoms with Crippen molar-refractivity contribution in [1.82, 2.24) is 9.88 Å². The number of amides is 1. The Morgan fingerprint density at radius 3 is 3.08 bits per heavy atom. The van der Waals surface area contributed by atoms with Gasteiger partial charge in [-0.25, -0.2) is 4.98 Å². The molecule has 2 aromatic heterocycles. The van der Waals surface area contributed by atoms with Gasteiger partial charge in [0.05, 0.1) is 42.6 Å². The van der Waals surface area contributed by atoms with Crippen LogP contribution in [0.2, 0.25) is 0 Å². The van der Waals surface area contributed by atoms with Gasteiger partial charge in [-0.15, -0.1) is 0 Å². The summed E-state index contributed by atoms with van der Waals surface area (Å²) in [7, 11) is 0. The SMILES string of the molecule is Cc1occc1C(=O)N1C[C@@H]2COC[C@]2(COc2ccc(C#N)cn2)C1. The number of likely N-dealkylation sites (tertiary alicyclic amines) is 1. The van der Waals surface area contributed by atoms with Gasteiger partial charge in [-0.1, -0.05) is 0 Å². The van der Waals surface area contributed by atoms with Crippen molar-refractivity contribution >= 4 is 5.91 Å². The highest BCUT2D eigenvalue weighted by Crippen LogP contribution is 2.42. The van der Waals surface area contributed by atoms with Gasteiger partial charge >= 0.3 is 0 Å². The van der Waals surface area contributed by atoms with Crippen LogP contribution >= 0.6 is 0 Å². The maximum atomic E-state index is 12.8. The van der Waals surface area contributed by atoms with Gasteiger partial charge in [0.25, 0.3) is 5.91 Å². The topological polar surface area (TPSA) is 88.6 Å². The van der Waals surface area contributed by atoms with Crippen LogP contribution in [0.25, 0.3) is 0 Å². The van der Waals surface area contributed by atoms with Crippen LogP contribution in [0.1, 0.15) is 21.7 Å². The quantitative estimate of drug-likeness (QED) is 0.835. The van der Waals surface area contributed by atoms with E-state index in [1.807, 2.05) is 11.0 Å². The lowest BCUT2D eigenvalue weighted by Gasteiger charge is -2.26. The second-order valence-corrected chi connectivity index (χ2v) is 6.94. The van der Waals surface area contributed by atoms with Crippen molar-refractivity contribution < 1.29 is 18.7 Å². The Kier molecular flexibility index (Phi) is 4.13. The van der Waals surface area contributed by atoms with Crippen LogP contribution in [0, 0.1) is 29.6 Å². The first kappa shape index (κ1) is 16.6. The molecule has 7 heteroatoms. The van der Waals surface area contributed by atoms with Gasteiger partial charge in [-0.05, 0) is 19.1 Å². The molecule has 26 heavy (non-hydrogen) atoms. The Balaban J connectivity index is 1.47. The standard InChI is InChI=1S/C19H19N3O4/c1-13-16(4-5-25-13)18(23)22-8-15-9-24-11-19(15,10-22)12-26-17-3-2-14(6-20)7-21-17/h2-5,7,15H,8-12H2,1H3/t15-,19+/m1/s1. The zero-order chi connectivity index (χ0) is 18.1. The second-order valence-electron chi connectivity index (χ2n) is 6.94. The summed E-state index contributed by atoms with van der Waals surface area (Å²) in [6.07, 6.45) is 3.03. The molecule has 134 valence electrons. The number of aryl methyl sites for hydroxylation is 1. The molecule has 2 atom stereocenters. The molecular formula is C19H19N3O4. The summed E-state index contributed by atoms with van der Waals surface area (Å²) in [5.74, 6) is 1.33. The minimum atomic E-state index is -0.233. The molecular weight excluding hydrogens is 334 g/mol. The molecule has 7 nitrogen and oxygen atoms in total. The van der Waals surface area contributed by atoms with Gasteiger partial charge in [0.15, 0.2) is 0 Å². The number of carbonyl (C=O) groups is 1. The van der Waals surface area contributed by atoms with Crippen molar-refractivity contribution in [2.75, 3.05) is 32.9 Å². The van der Waals surface area contributed by atoms with Crippen molar-refractivity contribution in [3.05, 3.63) is 47.5 Å². The van der Waals surface area contributed by atoms with Crippen LogP contribution in [0.4, 0.5) is 0 Å². The van der Waals surface area contributed by atoms with E-state index < -0.39 is 0 Å². The van der Waals surface area contributed by atoms with Gasteiger partial charge in [-0.3, -0.25) is 4.79 Å². The number of fused-ring (bicyclic) bond motifs is 1. The van der Waals surface area contributed by atoms with Crippen molar-refractivity contribution in [3.63, 3.8) is 0 Å². The third kappa shape index (κ3) is 2.82. The Hall–Kier alpha value is -2.85. The van der Waals surface area contributed by atoms with Crippen molar-refractivity contribution in [3.8, 4) is 11.9 Å². The van der Waals surface area contributed by atoms with E-state index in [0.717, 1.165) is 0 Å². The van der Waals surface area contributed by atoms with Gasteiger partial charge in [0, 0.05) is 31.3 Å². The van der Waals surface area contributed by atoms with E-state index in [1.54, 1.807) is 25.1 Å². The summed E-state index contributed by atoms with van der Waals surface area (Å²) < 4.78 is 16.8. The van der Waals surface area contributed by atoms with E-state index in [1.165, 1.54) is 12.5 Å². The number of carbonyl (C=O) groups excluding carboxylic acids is 1. The highest BCUT2D eigenvalue weighted by molar-refractivity contribution is 5.95. The van der Waals surface area contributed by atoms with E-state index >= 15 is 0 Å².